The van der Waals surface area contributed by atoms with Crippen LogP contribution in [0.5, 0.6) is 34.5 Å². The molecule has 4 rings (SSSR count). The van der Waals surface area contributed by atoms with Crippen LogP contribution < -0.4 is 31.4 Å². The first-order valence-electron chi connectivity index (χ1n) is 9.29. The molecule has 0 fully saturated rings. The van der Waals surface area contributed by atoms with Crippen molar-refractivity contribution < 1.29 is 14.2 Å². The number of nitrogen functional groups attached to an aromatic ring is 3. The number of hydrogen-bond acceptors (Lipinski definition) is 6. The molecule has 0 radical (unpaired) electrons. The number of hydrogen-bond donors (Lipinski definition) is 3. The van der Waals surface area contributed by atoms with Crippen molar-refractivity contribution in [3.05, 3.63) is 91.0 Å². The summed E-state index contributed by atoms with van der Waals surface area (Å²) < 4.78 is 17.9. The van der Waals surface area contributed by atoms with E-state index in [4.69, 9.17) is 31.4 Å². The minimum absolute atomic E-state index is 0.535. The zero-order chi connectivity index (χ0) is 20.9. The van der Waals surface area contributed by atoms with Crippen molar-refractivity contribution in [1.29, 1.82) is 0 Å². The smallest absolute Gasteiger partial charge is 0.134 e. The Morgan fingerprint density at radius 1 is 0.367 bits per heavy atom. The summed E-state index contributed by atoms with van der Waals surface area (Å²) in [6.45, 7) is 0. The lowest BCUT2D eigenvalue weighted by molar-refractivity contribution is 0.440. The first-order valence-corrected chi connectivity index (χ1v) is 9.29. The fourth-order valence-electron chi connectivity index (χ4n) is 2.82. The third kappa shape index (κ3) is 4.94. The Kier molecular flexibility index (Phi) is 5.30. The summed E-state index contributed by atoms with van der Waals surface area (Å²) in [5, 5.41) is 0. The van der Waals surface area contributed by atoms with E-state index < -0.39 is 0 Å². The number of anilines is 3. The van der Waals surface area contributed by atoms with Gasteiger partial charge in [-0.3, -0.25) is 0 Å². The van der Waals surface area contributed by atoms with Gasteiger partial charge in [0.15, 0.2) is 0 Å². The molecular formula is C24H21N3O3. The first kappa shape index (κ1) is 19.0. The molecule has 4 aromatic carbocycles. The molecule has 0 aliphatic rings. The van der Waals surface area contributed by atoms with Crippen molar-refractivity contribution in [2.24, 2.45) is 0 Å². The zero-order valence-electron chi connectivity index (χ0n) is 16.1. The summed E-state index contributed by atoms with van der Waals surface area (Å²) >= 11 is 0. The Morgan fingerprint density at radius 2 is 0.800 bits per heavy atom. The molecule has 0 aliphatic heterocycles. The molecule has 0 saturated carbocycles. The molecule has 6 N–H and O–H groups in total. The van der Waals surface area contributed by atoms with Crippen LogP contribution in [0.4, 0.5) is 17.1 Å². The molecular weight excluding hydrogens is 378 g/mol. The summed E-state index contributed by atoms with van der Waals surface area (Å²) in [6, 6.07) is 26.8. The molecule has 6 heteroatoms. The molecule has 4 aromatic rings. The molecule has 0 amide bonds. The van der Waals surface area contributed by atoms with Crippen LogP contribution in [0.3, 0.4) is 0 Å². The second-order valence-electron chi connectivity index (χ2n) is 6.66. The molecule has 6 nitrogen and oxygen atoms in total. The van der Waals surface area contributed by atoms with Gasteiger partial charge in [-0.05, 0) is 48.5 Å². The summed E-state index contributed by atoms with van der Waals surface area (Å²) in [5.41, 5.74) is 19.3. The number of rotatable bonds is 6. The Balaban J connectivity index is 1.66. The molecule has 30 heavy (non-hydrogen) atoms. The summed E-state index contributed by atoms with van der Waals surface area (Å²) in [7, 11) is 0. The Morgan fingerprint density at radius 3 is 1.23 bits per heavy atom. The van der Waals surface area contributed by atoms with Crippen molar-refractivity contribution in [2.45, 2.75) is 0 Å². The molecule has 0 atom stereocenters. The van der Waals surface area contributed by atoms with Gasteiger partial charge in [0.25, 0.3) is 0 Å². The predicted octanol–water partition coefficient (Wildman–Crippen LogP) is 5.81. The Labute approximate surface area is 174 Å². The van der Waals surface area contributed by atoms with Gasteiger partial charge in [-0.25, -0.2) is 0 Å². The number of benzene rings is 4. The topological polar surface area (TPSA) is 106 Å². The summed E-state index contributed by atoms with van der Waals surface area (Å²) in [4.78, 5) is 0. The van der Waals surface area contributed by atoms with E-state index in [0.717, 1.165) is 0 Å². The minimum Gasteiger partial charge on any atom is -0.457 e. The van der Waals surface area contributed by atoms with Crippen molar-refractivity contribution >= 4 is 17.1 Å². The van der Waals surface area contributed by atoms with E-state index in [1.807, 2.05) is 24.3 Å². The molecule has 0 saturated heterocycles. The van der Waals surface area contributed by atoms with E-state index in [1.165, 1.54) is 0 Å². The average Bonchev–Trinajstić information content (AvgIpc) is 2.70. The SMILES string of the molecule is Nc1ccc(Oc2cc(Oc3cccc(N)c3)cc(Oc3cccc(N)c3)c2)cc1. The maximum atomic E-state index is 5.97. The highest BCUT2D eigenvalue weighted by atomic mass is 16.5. The highest BCUT2D eigenvalue weighted by Gasteiger charge is 2.09. The Bertz CT molecular complexity index is 1090. The van der Waals surface area contributed by atoms with Crippen LogP contribution >= 0.6 is 0 Å². The average molecular weight is 399 g/mol. The van der Waals surface area contributed by atoms with E-state index >= 15 is 0 Å². The number of ether oxygens (including phenoxy) is 3. The molecule has 0 aromatic heterocycles. The monoisotopic (exact) mass is 399 g/mol. The first-order chi connectivity index (χ1) is 14.5. The van der Waals surface area contributed by atoms with E-state index in [1.54, 1.807) is 66.7 Å². The molecule has 0 spiro atoms. The fraction of sp³-hybridized carbons (Fsp3) is 0. The van der Waals surface area contributed by atoms with Crippen LogP contribution in [0.1, 0.15) is 0 Å². The molecule has 0 bridgehead atoms. The van der Waals surface area contributed by atoms with Crippen LogP contribution in [0.15, 0.2) is 91.0 Å². The highest BCUT2D eigenvalue weighted by Crippen LogP contribution is 2.36. The quantitative estimate of drug-likeness (QED) is 0.353. The molecule has 150 valence electrons. The van der Waals surface area contributed by atoms with Gasteiger partial charge in [-0.2, -0.15) is 0 Å². The van der Waals surface area contributed by atoms with E-state index in [-0.39, 0.29) is 0 Å². The third-order valence-electron chi connectivity index (χ3n) is 4.16. The normalized spacial score (nSPS) is 10.4. The van der Waals surface area contributed by atoms with Crippen LogP contribution in [-0.4, -0.2) is 0 Å². The standard InChI is InChI=1S/C24H21N3O3/c25-16-7-9-19(10-8-16)28-22-13-23(29-20-5-1-3-17(26)11-20)15-24(14-22)30-21-6-2-4-18(27)12-21/h1-15H,25-27H2. The number of nitrogens with two attached hydrogens (primary N) is 3. The third-order valence-corrected chi connectivity index (χ3v) is 4.16. The van der Waals surface area contributed by atoms with Crippen LogP contribution in [0.25, 0.3) is 0 Å². The van der Waals surface area contributed by atoms with Crippen molar-refractivity contribution in [1.82, 2.24) is 0 Å². The van der Waals surface area contributed by atoms with E-state index in [9.17, 15) is 0 Å². The van der Waals surface area contributed by atoms with Crippen molar-refractivity contribution in [3.63, 3.8) is 0 Å². The fourth-order valence-corrected chi connectivity index (χ4v) is 2.82. The van der Waals surface area contributed by atoms with Gasteiger partial charge in [0.2, 0.25) is 0 Å². The van der Waals surface area contributed by atoms with Gasteiger partial charge in [0, 0.05) is 47.4 Å². The van der Waals surface area contributed by atoms with Gasteiger partial charge in [0.05, 0.1) is 0 Å². The van der Waals surface area contributed by atoms with Crippen molar-refractivity contribution in [3.8, 4) is 34.5 Å². The van der Waals surface area contributed by atoms with Gasteiger partial charge in [-0.1, -0.05) is 12.1 Å². The van der Waals surface area contributed by atoms with E-state index in [2.05, 4.69) is 0 Å². The highest BCUT2D eigenvalue weighted by molar-refractivity contribution is 5.51. The lowest BCUT2D eigenvalue weighted by Gasteiger charge is -2.13. The lowest BCUT2D eigenvalue weighted by atomic mass is 10.2. The van der Waals surface area contributed by atoms with Crippen LogP contribution in [-0.2, 0) is 0 Å². The van der Waals surface area contributed by atoms with Gasteiger partial charge in [0.1, 0.15) is 34.5 Å². The lowest BCUT2D eigenvalue weighted by Crippen LogP contribution is -1.92. The van der Waals surface area contributed by atoms with Crippen molar-refractivity contribution in [2.75, 3.05) is 17.2 Å². The minimum atomic E-state index is 0.535. The summed E-state index contributed by atoms with van der Waals surface area (Å²) in [5.74, 6) is 3.46. The zero-order valence-corrected chi connectivity index (χ0v) is 16.1. The summed E-state index contributed by atoms with van der Waals surface area (Å²) in [6.07, 6.45) is 0. The Hall–Kier alpha value is -4.32. The van der Waals surface area contributed by atoms with E-state index in [0.29, 0.717) is 51.6 Å². The second kappa shape index (κ2) is 8.36. The maximum absolute atomic E-state index is 5.97. The van der Waals surface area contributed by atoms with Gasteiger partial charge in [-0.15, -0.1) is 0 Å². The molecule has 0 unspecified atom stereocenters. The van der Waals surface area contributed by atoms with Gasteiger partial charge >= 0.3 is 0 Å². The largest absolute Gasteiger partial charge is 0.457 e. The van der Waals surface area contributed by atoms with Crippen LogP contribution in [0.2, 0.25) is 0 Å². The predicted molar refractivity (Wildman–Crippen MR) is 119 cm³/mol. The molecule has 0 heterocycles. The maximum Gasteiger partial charge on any atom is 0.134 e. The second-order valence-corrected chi connectivity index (χ2v) is 6.66. The van der Waals surface area contributed by atoms with Crippen LogP contribution in [0, 0.1) is 0 Å². The molecule has 0 aliphatic carbocycles. The van der Waals surface area contributed by atoms with Gasteiger partial charge < -0.3 is 31.4 Å².